The normalized spacial score (nSPS) is 15.3. The molecule has 1 aliphatic rings. The number of hydrogen-bond donors (Lipinski definition) is 1. The van der Waals surface area contributed by atoms with Crippen LogP contribution in [0.15, 0.2) is 35.5 Å². The number of halogens is 3. The van der Waals surface area contributed by atoms with Crippen molar-refractivity contribution in [1.82, 2.24) is 19.9 Å². The van der Waals surface area contributed by atoms with Crippen molar-refractivity contribution in [1.29, 1.82) is 0 Å². The van der Waals surface area contributed by atoms with Gasteiger partial charge in [-0.2, -0.15) is 0 Å². The molecule has 0 radical (unpaired) electrons. The van der Waals surface area contributed by atoms with Crippen molar-refractivity contribution in [3.63, 3.8) is 0 Å². The molecule has 0 atom stereocenters. The summed E-state index contributed by atoms with van der Waals surface area (Å²) >= 11 is 0. The summed E-state index contributed by atoms with van der Waals surface area (Å²) in [6.07, 6.45) is 9.92. The Bertz CT molecular complexity index is 1050. The third kappa shape index (κ3) is 3.92. The fourth-order valence-electron chi connectivity index (χ4n) is 3.90. The van der Waals surface area contributed by atoms with Crippen molar-refractivity contribution in [3.05, 3.63) is 64.2 Å². The van der Waals surface area contributed by atoms with Gasteiger partial charge in [0.2, 0.25) is 0 Å². The minimum absolute atomic E-state index is 0.130. The summed E-state index contributed by atoms with van der Waals surface area (Å²) in [5, 5.41) is 0. The maximum Gasteiger partial charge on any atom is 0.259 e. The van der Waals surface area contributed by atoms with Crippen molar-refractivity contribution in [2.24, 2.45) is 0 Å². The third-order valence-electron chi connectivity index (χ3n) is 5.25. The highest BCUT2D eigenvalue weighted by molar-refractivity contribution is 5.68. The fraction of sp³-hybridized carbons (Fsp3) is 0.333. The molecule has 0 spiro atoms. The van der Waals surface area contributed by atoms with Crippen LogP contribution >= 0.6 is 0 Å². The van der Waals surface area contributed by atoms with Crippen LogP contribution in [0.5, 0.6) is 0 Å². The molecule has 0 saturated heterocycles. The first-order valence-electron chi connectivity index (χ1n) is 9.60. The van der Waals surface area contributed by atoms with Gasteiger partial charge in [-0.25, -0.2) is 23.1 Å². The molecular formula is C21H19F3N4O. The standard InChI is InChI=1S/C21H19F3N4O/c22-13-9-14(23)17(15(24)10-13)18-19(12-5-3-1-2-4-6-12)27-20(28-21(18)29)16-11-25-7-8-26-16/h7-12H,1-6H2,(H,27,28,29). The number of aromatic amines is 1. The quantitative estimate of drug-likeness (QED) is 0.644. The van der Waals surface area contributed by atoms with Gasteiger partial charge in [-0.3, -0.25) is 9.78 Å². The Morgan fingerprint density at radius 2 is 1.62 bits per heavy atom. The van der Waals surface area contributed by atoms with Gasteiger partial charge in [0, 0.05) is 30.4 Å². The number of nitrogens with zero attached hydrogens (tertiary/aromatic N) is 3. The Labute approximate surface area is 165 Å². The molecular weight excluding hydrogens is 381 g/mol. The molecule has 1 N–H and O–H groups in total. The summed E-state index contributed by atoms with van der Waals surface area (Å²) in [6, 6.07) is 1.15. The number of aromatic nitrogens is 4. The molecule has 3 aromatic rings. The second kappa shape index (κ2) is 8.14. The Morgan fingerprint density at radius 1 is 0.931 bits per heavy atom. The zero-order chi connectivity index (χ0) is 20.4. The Kier molecular flexibility index (Phi) is 5.42. The van der Waals surface area contributed by atoms with Crippen LogP contribution in [0.1, 0.15) is 50.1 Å². The van der Waals surface area contributed by atoms with Gasteiger partial charge >= 0.3 is 0 Å². The van der Waals surface area contributed by atoms with E-state index < -0.39 is 28.6 Å². The summed E-state index contributed by atoms with van der Waals surface area (Å²) < 4.78 is 42.5. The van der Waals surface area contributed by atoms with Crippen LogP contribution in [0.25, 0.3) is 22.6 Å². The van der Waals surface area contributed by atoms with Gasteiger partial charge in [0.05, 0.1) is 23.0 Å². The largest absolute Gasteiger partial charge is 0.305 e. The van der Waals surface area contributed by atoms with E-state index in [1.54, 1.807) is 0 Å². The van der Waals surface area contributed by atoms with Gasteiger partial charge in [-0.1, -0.05) is 25.7 Å². The van der Waals surface area contributed by atoms with E-state index >= 15 is 0 Å². The predicted octanol–water partition coefficient (Wildman–Crippen LogP) is 4.75. The van der Waals surface area contributed by atoms with Crippen LogP contribution in [0.2, 0.25) is 0 Å². The summed E-state index contributed by atoms with van der Waals surface area (Å²) in [5.74, 6) is -3.24. The molecule has 1 aromatic carbocycles. The number of H-pyrrole nitrogens is 1. The minimum atomic E-state index is -1.13. The van der Waals surface area contributed by atoms with Crippen molar-refractivity contribution >= 4 is 0 Å². The highest BCUT2D eigenvalue weighted by Crippen LogP contribution is 2.37. The zero-order valence-corrected chi connectivity index (χ0v) is 15.6. The molecule has 8 heteroatoms. The second-order valence-electron chi connectivity index (χ2n) is 7.20. The van der Waals surface area contributed by atoms with Crippen LogP contribution in [-0.4, -0.2) is 19.9 Å². The van der Waals surface area contributed by atoms with Crippen LogP contribution < -0.4 is 5.56 Å². The fourth-order valence-corrected chi connectivity index (χ4v) is 3.90. The van der Waals surface area contributed by atoms with Gasteiger partial charge in [-0.05, 0) is 12.8 Å². The van der Waals surface area contributed by atoms with E-state index in [1.165, 1.54) is 18.6 Å². The third-order valence-corrected chi connectivity index (χ3v) is 5.25. The monoisotopic (exact) mass is 400 g/mol. The van der Waals surface area contributed by atoms with Crippen LogP contribution in [-0.2, 0) is 0 Å². The predicted molar refractivity (Wildman–Crippen MR) is 102 cm³/mol. The van der Waals surface area contributed by atoms with Crippen LogP contribution in [0, 0.1) is 17.5 Å². The molecule has 2 heterocycles. The van der Waals surface area contributed by atoms with Gasteiger partial charge < -0.3 is 4.98 Å². The number of rotatable bonds is 3. The van der Waals surface area contributed by atoms with Crippen molar-refractivity contribution in [2.45, 2.75) is 44.4 Å². The summed E-state index contributed by atoms with van der Waals surface area (Å²) in [4.78, 5) is 28.2. The van der Waals surface area contributed by atoms with Gasteiger partial charge in [-0.15, -0.1) is 0 Å². The van der Waals surface area contributed by atoms with E-state index in [-0.39, 0.29) is 17.3 Å². The van der Waals surface area contributed by atoms with E-state index in [2.05, 4.69) is 19.9 Å². The molecule has 1 aliphatic carbocycles. The first-order chi connectivity index (χ1) is 14.0. The smallest absolute Gasteiger partial charge is 0.259 e. The molecule has 2 aromatic heterocycles. The maximum atomic E-state index is 14.5. The SMILES string of the molecule is O=c1[nH]c(-c2cnccn2)nc(C2CCCCCC2)c1-c1c(F)cc(F)cc1F. The van der Waals surface area contributed by atoms with Gasteiger partial charge in [0.25, 0.3) is 5.56 Å². The van der Waals surface area contributed by atoms with Crippen molar-refractivity contribution in [3.8, 4) is 22.6 Å². The summed E-state index contributed by atoms with van der Waals surface area (Å²) in [6.45, 7) is 0. The minimum Gasteiger partial charge on any atom is -0.305 e. The number of nitrogens with one attached hydrogen (secondary N) is 1. The van der Waals surface area contributed by atoms with E-state index in [9.17, 15) is 18.0 Å². The molecule has 0 bridgehead atoms. The molecule has 4 rings (SSSR count). The summed E-state index contributed by atoms with van der Waals surface area (Å²) in [5.41, 5.74) is -0.749. The Balaban J connectivity index is 1.96. The molecule has 150 valence electrons. The lowest BCUT2D eigenvalue weighted by atomic mass is 9.90. The van der Waals surface area contributed by atoms with Crippen molar-refractivity contribution in [2.75, 3.05) is 0 Å². The first-order valence-corrected chi connectivity index (χ1v) is 9.60. The molecule has 0 unspecified atom stereocenters. The lowest BCUT2D eigenvalue weighted by Crippen LogP contribution is -2.19. The molecule has 0 amide bonds. The first kappa shape index (κ1) is 19.3. The van der Waals surface area contributed by atoms with E-state index in [0.29, 0.717) is 23.5 Å². The van der Waals surface area contributed by atoms with E-state index in [0.717, 1.165) is 38.5 Å². The highest BCUT2D eigenvalue weighted by atomic mass is 19.1. The van der Waals surface area contributed by atoms with Crippen LogP contribution in [0.4, 0.5) is 13.2 Å². The van der Waals surface area contributed by atoms with E-state index in [1.807, 2.05) is 0 Å². The topological polar surface area (TPSA) is 71.5 Å². The molecule has 29 heavy (non-hydrogen) atoms. The highest BCUT2D eigenvalue weighted by Gasteiger charge is 2.27. The number of benzene rings is 1. The van der Waals surface area contributed by atoms with Crippen LogP contribution in [0.3, 0.4) is 0 Å². The maximum absolute atomic E-state index is 14.5. The second-order valence-corrected chi connectivity index (χ2v) is 7.20. The molecule has 1 fully saturated rings. The Morgan fingerprint density at radius 3 is 2.24 bits per heavy atom. The Hall–Kier alpha value is -3.03. The molecule has 5 nitrogen and oxygen atoms in total. The lowest BCUT2D eigenvalue weighted by Gasteiger charge is -2.19. The molecule has 1 saturated carbocycles. The van der Waals surface area contributed by atoms with E-state index in [4.69, 9.17) is 0 Å². The van der Waals surface area contributed by atoms with Gasteiger partial charge in [0.1, 0.15) is 23.1 Å². The summed E-state index contributed by atoms with van der Waals surface area (Å²) in [7, 11) is 0. The number of hydrogen-bond acceptors (Lipinski definition) is 4. The lowest BCUT2D eigenvalue weighted by molar-refractivity contribution is 0.544. The zero-order valence-electron chi connectivity index (χ0n) is 15.6. The van der Waals surface area contributed by atoms with Gasteiger partial charge in [0.15, 0.2) is 5.82 Å². The average molecular weight is 400 g/mol. The van der Waals surface area contributed by atoms with Crippen molar-refractivity contribution < 1.29 is 13.2 Å². The molecule has 0 aliphatic heterocycles. The average Bonchev–Trinajstić information content (AvgIpc) is 2.98.